The summed E-state index contributed by atoms with van der Waals surface area (Å²) >= 11 is 0. The van der Waals surface area contributed by atoms with Gasteiger partial charge in [-0.1, -0.05) is 13.8 Å². The largest absolute Gasteiger partial charge is 0.311 e. The summed E-state index contributed by atoms with van der Waals surface area (Å²) in [5.41, 5.74) is 0. The molecule has 1 rings (SSSR count). The minimum atomic E-state index is -0.588. The van der Waals surface area contributed by atoms with Gasteiger partial charge in [0.05, 0.1) is 0 Å². The summed E-state index contributed by atoms with van der Waals surface area (Å²) in [4.78, 5) is 0. The van der Waals surface area contributed by atoms with Gasteiger partial charge in [0, 0.05) is 12.6 Å². The fourth-order valence-corrected chi connectivity index (χ4v) is 0.879. The van der Waals surface area contributed by atoms with Gasteiger partial charge in [-0.2, -0.15) is 0 Å². The SMILES string of the molecule is CC.CC1CC(F)CN1. The highest BCUT2D eigenvalue weighted by atomic mass is 19.1. The van der Waals surface area contributed by atoms with Crippen molar-refractivity contribution in [2.24, 2.45) is 0 Å². The third kappa shape index (κ3) is 3.46. The van der Waals surface area contributed by atoms with Gasteiger partial charge in [0.15, 0.2) is 0 Å². The monoisotopic (exact) mass is 133 g/mol. The fraction of sp³-hybridized carbons (Fsp3) is 1.00. The van der Waals surface area contributed by atoms with E-state index in [1.54, 1.807) is 0 Å². The normalized spacial score (nSPS) is 33.3. The second-order valence-electron chi connectivity index (χ2n) is 2.14. The van der Waals surface area contributed by atoms with Crippen LogP contribution in [0.3, 0.4) is 0 Å². The van der Waals surface area contributed by atoms with Gasteiger partial charge in [0.1, 0.15) is 6.17 Å². The molecule has 0 aromatic carbocycles. The van der Waals surface area contributed by atoms with Crippen LogP contribution in [0.5, 0.6) is 0 Å². The van der Waals surface area contributed by atoms with Crippen molar-refractivity contribution in [1.29, 1.82) is 0 Å². The summed E-state index contributed by atoms with van der Waals surface area (Å²) in [6.45, 7) is 6.56. The Hall–Kier alpha value is -0.110. The van der Waals surface area contributed by atoms with Gasteiger partial charge in [-0.15, -0.1) is 0 Å². The van der Waals surface area contributed by atoms with Crippen LogP contribution < -0.4 is 5.32 Å². The van der Waals surface area contributed by atoms with E-state index in [2.05, 4.69) is 5.32 Å². The Morgan fingerprint density at radius 2 is 2.00 bits per heavy atom. The van der Waals surface area contributed by atoms with Gasteiger partial charge in [0.25, 0.3) is 0 Å². The lowest BCUT2D eigenvalue weighted by atomic mass is 10.2. The van der Waals surface area contributed by atoms with Crippen LogP contribution >= 0.6 is 0 Å². The molecule has 0 aromatic heterocycles. The average molecular weight is 133 g/mol. The van der Waals surface area contributed by atoms with Gasteiger partial charge in [-0.3, -0.25) is 0 Å². The molecule has 56 valence electrons. The summed E-state index contributed by atoms with van der Waals surface area (Å²) in [6.07, 6.45) is 0.106. The predicted molar refractivity (Wildman–Crippen MR) is 38.3 cm³/mol. The molecule has 2 heteroatoms. The molecule has 1 aliphatic rings. The van der Waals surface area contributed by atoms with Crippen molar-refractivity contribution >= 4 is 0 Å². The standard InChI is InChI=1S/C5H10FN.C2H6/c1-4-2-5(6)3-7-4;1-2/h4-5,7H,2-3H2,1H3;1-2H3. The van der Waals surface area contributed by atoms with Crippen molar-refractivity contribution in [1.82, 2.24) is 5.32 Å². The first kappa shape index (κ1) is 8.89. The molecule has 1 N–H and O–H groups in total. The Labute approximate surface area is 56.6 Å². The number of nitrogens with one attached hydrogen (secondary N) is 1. The van der Waals surface area contributed by atoms with Crippen molar-refractivity contribution in [3.05, 3.63) is 0 Å². The minimum absolute atomic E-state index is 0.398. The highest BCUT2D eigenvalue weighted by Crippen LogP contribution is 2.07. The Bertz CT molecular complexity index is 57.9. The highest BCUT2D eigenvalue weighted by molar-refractivity contribution is 4.76. The average Bonchev–Trinajstić information content (AvgIpc) is 2.20. The van der Waals surface area contributed by atoms with E-state index in [1.165, 1.54) is 0 Å². The van der Waals surface area contributed by atoms with Gasteiger partial charge < -0.3 is 5.32 Å². The molecule has 0 saturated carbocycles. The molecule has 1 aliphatic heterocycles. The highest BCUT2D eigenvalue weighted by Gasteiger charge is 2.18. The van der Waals surface area contributed by atoms with Crippen LogP contribution in [0.15, 0.2) is 0 Å². The smallest absolute Gasteiger partial charge is 0.114 e. The molecule has 9 heavy (non-hydrogen) atoms. The molecule has 0 aromatic rings. The lowest BCUT2D eigenvalue weighted by Crippen LogP contribution is -2.16. The van der Waals surface area contributed by atoms with Gasteiger partial charge in [-0.05, 0) is 13.3 Å². The van der Waals surface area contributed by atoms with E-state index in [9.17, 15) is 4.39 Å². The maximum atomic E-state index is 12.1. The Kier molecular flexibility index (Phi) is 4.68. The first-order chi connectivity index (χ1) is 4.29. The molecule has 0 amide bonds. The summed E-state index contributed by atoms with van der Waals surface area (Å²) in [6, 6.07) is 0.398. The first-order valence-corrected chi connectivity index (χ1v) is 3.66. The van der Waals surface area contributed by atoms with Crippen LogP contribution in [0.25, 0.3) is 0 Å². The van der Waals surface area contributed by atoms with E-state index in [4.69, 9.17) is 0 Å². The predicted octanol–water partition coefficient (Wildman–Crippen LogP) is 1.73. The number of hydrogen-bond acceptors (Lipinski definition) is 1. The summed E-state index contributed by atoms with van der Waals surface area (Å²) in [7, 11) is 0. The van der Waals surface area contributed by atoms with Gasteiger partial charge in [0.2, 0.25) is 0 Å². The number of rotatable bonds is 0. The maximum absolute atomic E-state index is 12.1. The molecule has 2 atom stereocenters. The molecule has 2 unspecified atom stereocenters. The Morgan fingerprint density at radius 3 is 2.11 bits per heavy atom. The van der Waals surface area contributed by atoms with Gasteiger partial charge >= 0.3 is 0 Å². The molecule has 0 spiro atoms. The maximum Gasteiger partial charge on any atom is 0.114 e. The van der Waals surface area contributed by atoms with E-state index < -0.39 is 6.17 Å². The number of alkyl halides is 1. The van der Waals surface area contributed by atoms with Gasteiger partial charge in [-0.25, -0.2) is 4.39 Å². The van der Waals surface area contributed by atoms with Crippen LogP contribution in [0, 0.1) is 0 Å². The fourth-order valence-electron chi connectivity index (χ4n) is 0.879. The van der Waals surface area contributed by atoms with Crippen LogP contribution in [-0.4, -0.2) is 18.8 Å². The molecule has 1 heterocycles. The Morgan fingerprint density at radius 1 is 1.44 bits per heavy atom. The zero-order chi connectivity index (χ0) is 7.28. The topological polar surface area (TPSA) is 12.0 Å². The van der Waals surface area contributed by atoms with E-state index in [0.717, 1.165) is 0 Å². The van der Waals surface area contributed by atoms with E-state index in [1.807, 2.05) is 20.8 Å². The van der Waals surface area contributed by atoms with E-state index in [-0.39, 0.29) is 0 Å². The van der Waals surface area contributed by atoms with Crippen LogP contribution in [0.4, 0.5) is 4.39 Å². The molecular weight excluding hydrogens is 117 g/mol. The second-order valence-corrected chi connectivity index (χ2v) is 2.14. The molecule has 1 nitrogen and oxygen atoms in total. The zero-order valence-electron chi connectivity index (χ0n) is 6.45. The third-order valence-electron chi connectivity index (χ3n) is 1.30. The summed E-state index contributed by atoms with van der Waals surface area (Å²) < 4.78 is 12.1. The summed E-state index contributed by atoms with van der Waals surface area (Å²) in [5.74, 6) is 0. The Balaban J connectivity index is 0.000000291. The third-order valence-corrected chi connectivity index (χ3v) is 1.30. The van der Waals surface area contributed by atoms with E-state index >= 15 is 0 Å². The zero-order valence-corrected chi connectivity index (χ0v) is 6.45. The lowest BCUT2D eigenvalue weighted by Gasteiger charge is -1.94. The van der Waals surface area contributed by atoms with Crippen molar-refractivity contribution in [3.8, 4) is 0 Å². The number of halogens is 1. The van der Waals surface area contributed by atoms with Crippen molar-refractivity contribution < 1.29 is 4.39 Å². The van der Waals surface area contributed by atoms with Crippen molar-refractivity contribution in [3.63, 3.8) is 0 Å². The quantitative estimate of drug-likeness (QED) is 0.530. The molecule has 1 saturated heterocycles. The van der Waals surface area contributed by atoms with Crippen LogP contribution in [0.2, 0.25) is 0 Å². The molecule has 0 radical (unpaired) electrons. The molecular formula is C7H16FN. The van der Waals surface area contributed by atoms with E-state index in [0.29, 0.717) is 19.0 Å². The molecule has 0 aliphatic carbocycles. The second kappa shape index (κ2) is 4.74. The van der Waals surface area contributed by atoms with Crippen LogP contribution in [0.1, 0.15) is 27.2 Å². The van der Waals surface area contributed by atoms with Crippen molar-refractivity contribution in [2.45, 2.75) is 39.4 Å². The minimum Gasteiger partial charge on any atom is -0.311 e. The first-order valence-electron chi connectivity index (χ1n) is 3.66. The molecule has 0 bridgehead atoms. The lowest BCUT2D eigenvalue weighted by molar-refractivity contribution is 0.357. The van der Waals surface area contributed by atoms with Crippen molar-refractivity contribution in [2.75, 3.05) is 6.54 Å². The number of hydrogen-bond donors (Lipinski definition) is 1. The summed E-state index contributed by atoms with van der Waals surface area (Å²) in [5, 5.41) is 2.99. The molecule has 1 fully saturated rings. The van der Waals surface area contributed by atoms with Crippen LogP contribution in [-0.2, 0) is 0 Å².